The van der Waals surface area contributed by atoms with Crippen LogP contribution in [0.4, 0.5) is 0 Å². The van der Waals surface area contributed by atoms with Gasteiger partial charge in [-0.25, -0.2) is 0 Å². The first-order valence-electron chi connectivity index (χ1n) is 4.26. The minimum atomic E-state index is 0.570. The van der Waals surface area contributed by atoms with Crippen LogP contribution >= 0.6 is 0 Å². The average molecular weight is 142 g/mol. The van der Waals surface area contributed by atoms with Gasteiger partial charge in [-0.2, -0.15) is 0 Å². The summed E-state index contributed by atoms with van der Waals surface area (Å²) < 4.78 is 0. The highest BCUT2D eigenvalue weighted by atomic mass is 15.3. The minimum Gasteiger partial charge on any atom is -0.305 e. The zero-order valence-corrected chi connectivity index (χ0v) is 7.06. The Morgan fingerprint density at radius 2 is 1.80 bits per heavy atom. The number of piperidine rings is 1. The first-order chi connectivity index (χ1) is 4.84. The zero-order chi connectivity index (χ0) is 7.40. The Kier molecular flexibility index (Phi) is 3.16. The fourth-order valence-electron chi connectivity index (χ4n) is 1.49. The predicted octanol–water partition coefficient (Wildman–Crippen LogP) is 1.04. The van der Waals surface area contributed by atoms with E-state index >= 15 is 0 Å². The van der Waals surface area contributed by atoms with E-state index in [-0.39, 0.29) is 0 Å². The Bertz CT molecular complexity index is 87.3. The smallest absolute Gasteiger partial charge is 0.0565 e. The standard InChI is InChI=1S/C8H18N2/c1-8(9-2)10-6-4-3-5-7-10/h8-9H,3-7H2,1-2H3. The van der Waals surface area contributed by atoms with E-state index in [9.17, 15) is 0 Å². The van der Waals surface area contributed by atoms with Gasteiger partial charge in [0.05, 0.1) is 6.17 Å². The third kappa shape index (κ3) is 1.96. The van der Waals surface area contributed by atoms with Crippen LogP contribution in [0.1, 0.15) is 26.2 Å². The summed E-state index contributed by atoms with van der Waals surface area (Å²) in [4.78, 5) is 2.50. The molecule has 2 nitrogen and oxygen atoms in total. The third-order valence-corrected chi connectivity index (χ3v) is 2.36. The van der Waals surface area contributed by atoms with Crippen LogP contribution in [-0.2, 0) is 0 Å². The molecule has 0 aromatic rings. The monoisotopic (exact) mass is 142 g/mol. The molecule has 1 saturated heterocycles. The van der Waals surface area contributed by atoms with Crippen LogP contribution in [0.15, 0.2) is 0 Å². The van der Waals surface area contributed by atoms with Crippen LogP contribution in [0.2, 0.25) is 0 Å². The maximum Gasteiger partial charge on any atom is 0.0565 e. The van der Waals surface area contributed by atoms with Gasteiger partial charge in [-0.05, 0) is 39.9 Å². The molecule has 1 aliphatic rings. The molecular formula is C8H18N2. The van der Waals surface area contributed by atoms with Crippen molar-refractivity contribution in [3.63, 3.8) is 0 Å². The number of hydrogen-bond donors (Lipinski definition) is 1. The van der Waals surface area contributed by atoms with Gasteiger partial charge in [-0.1, -0.05) is 6.42 Å². The molecule has 0 aliphatic carbocycles. The average Bonchev–Trinajstić information content (AvgIpc) is 2.05. The van der Waals surface area contributed by atoms with Crippen LogP contribution in [0.25, 0.3) is 0 Å². The Morgan fingerprint density at radius 1 is 1.20 bits per heavy atom. The lowest BCUT2D eigenvalue weighted by Crippen LogP contribution is -2.44. The van der Waals surface area contributed by atoms with E-state index < -0.39 is 0 Å². The lowest BCUT2D eigenvalue weighted by Gasteiger charge is -2.31. The molecule has 1 fully saturated rings. The summed E-state index contributed by atoms with van der Waals surface area (Å²) in [5, 5.41) is 3.26. The quantitative estimate of drug-likeness (QED) is 0.619. The van der Waals surface area contributed by atoms with Crippen molar-refractivity contribution in [1.82, 2.24) is 10.2 Å². The van der Waals surface area contributed by atoms with Crippen LogP contribution in [0, 0.1) is 0 Å². The summed E-state index contributed by atoms with van der Waals surface area (Å²) in [5.74, 6) is 0. The molecule has 0 saturated carbocycles. The molecule has 1 unspecified atom stereocenters. The van der Waals surface area contributed by atoms with Gasteiger partial charge in [0.25, 0.3) is 0 Å². The number of rotatable bonds is 2. The molecule has 0 aromatic heterocycles. The van der Waals surface area contributed by atoms with E-state index in [0.29, 0.717) is 6.17 Å². The molecule has 60 valence electrons. The molecule has 0 bridgehead atoms. The molecule has 0 spiro atoms. The van der Waals surface area contributed by atoms with Crippen molar-refractivity contribution in [2.45, 2.75) is 32.4 Å². The topological polar surface area (TPSA) is 15.3 Å². The normalized spacial score (nSPS) is 24.6. The Morgan fingerprint density at radius 3 is 2.30 bits per heavy atom. The number of nitrogens with zero attached hydrogens (tertiary/aromatic N) is 1. The number of nitrogens with one attached hydrogen (secondary N) is 1. The van der Waals surface area contributed by atoms with E-state index in [0.717, 1.165) is 0 Å². The maximum absolute atomic E-state index is 3.26. The summed E-state index contributed by atoms with van der Waals surface area (Å²) in [6, 6.07) is 0. The highest BCUT2D eigenvalue weighted by molar-refractivity contribution is 4.68. The highest BCUT2D eigenvalue weighted by Crippen LogP contribution is 2.09. The summed E-state index contributed by atoms with van der Waals surface area (Å²) in [7, 11) is 2.03. The third-order valence-electron chi connectivity index (χ3n) is 2.36. The summed E-state index contributed by atoms with van der Waals surface area (Å²) in [6.07, 6.45) is 4.76. The van der Waals surface area contributed by atoms with Gasteiger partial charge in [0, 0.05) is 0 Å². The molecule has 2 heteroatoms. The van der Waals surface area contributed by atoms with Crippen LogP contribution in [0.3, 0.4) is 0 Å². The first-order valence-corrected chi connectivity index (χ1v) is 4.26. The Balaban J connectivity index is 2.24. The largest absolute Gasteiger partial charge is 0.305 e. The molecule has 10 heavy (non-hydrogen) atoms. The summed E-state index contributed by atoms with van der Waals surface area (Å²) >= 11 is 0. The van der Waals surface area contributed by atoms with E-state index in [2.05, 4.69) is 17.1 Å². The van der Waals surface area contributed by atoms with Gasteiger partial charge in [0.15, 0.2) is 0 Å². The van der Waals surface area contributed by atoms with Gasteiger partial charge in [0.1, 0.15) is 0 Å². The predicted molar refractivity (Wildman–Crippen MR) is 43.9 cm³/mol. The fourth-order valence-corrected chi connectivity index (χ4v) is 1.49. The van der Waals surface area contributed by atoms with Gasteiger partial charge in [-0.15, -0.1) is 0 Å². The van der Waals surface area contributed by atoms with Crippen molar-refractivity contribution in [3.8, 4) is 0 Å². The molecule has 0 amide bonds. The van der Waals surface area contributed by atoms with Gasteiger partial charge in [-0.3, -0.25) is 4.90 Å². The van der Waals surface area contributed by atoms with Gasteiger partial charge < -0.3 is 5.32 Å². The van der Waals surface area contributed by atoms with Crippen LogP contribution in [0.5, 0.6) is 0 Å². The highest BCUT2D eigenvalue weighted by Gasteiger charge is 2.13. The van der Waals surface area contributed by atoms with Gasteiger partial charge in [0.2, 0.25) is 0 Å². The second-order valence-electron chi connectivity index (χ2n) is 3.06. The van der Waals surface area contributed by atoms with E-state index in [1.165, 1.54) is 32.4 Å². The van der Waals surface area contributed by atoms with Crippen molar-refractivity contribution in [1.29, 1.82) is 0 Å². The fraction of sp³-hybridized carbons (Fsp3) is 1.00. The SMILES string of the molecule is CNC(C)N1CCCCC1. The van der Waals surface area contributed by atoms with Crippen molar-refractivity contribution in [2.24, 2.45) is 0 Å². The Labute approximate surface area is 63.6 Å². The van der Waals surface area contributed by atoms with Crippen LogP contribution in [-0.4, -0.2) is 31.2 Å². The van der Waals surface area contributed by atoms with Crippen molar-refractivity contribution in [3.05, 3.63) is 0 Å². The molecule has 0 aromatic carbocycles. The number of likely N-dealkylation sites (tertiary alicyclic amines) is 1. The summed E-state index contributed by atoms with van der Waals surface area (Å²) in [6.45, 7) is 4.79. The molecule has 1 heterocycles. The molecule has 1 aliphatic heterocycles. The molecular weight excluding hydrogens is 124 g/mol. The van der Waals surface area contributed by atoms with E-state index in [4.69, 9.17) is 0 Å². The second-order valence-corrected chi connectivity index (χ2v) is 3.06. The molecule has 1 N–H and O–H groups in total. The lowest BCUT2D eigenvalue weighted by molar-refractivity contribution is 0.155. The maximum atomic E-state index is 3.26. The minimum absolute atomic E-state index is 0.570. The summed E-state index contributed by atoms with van der Waals surface area (Å²) in [5.41, 5.74) is 0. The molecule has 1 atom stereocenters. The second kappa shape index (κ2) is 3.94. The molecule has 1 rings (SSSR count). The van der Waals surface area contributed by atoms with Crippen molar-refractivity contribution in [2.75, 3.05) is 20.1 Å². The van der Waals surface area contributed by atoms with Gasteiger partial charge >= 0.3 is 0 Å². The van der Waals surface area contributed by atoms with Crippen molar-refractivity contribution >= 4 is 0 Å². The zero-order valence-electron chi connectivity index (χ0n) is 7.06. The first kappa shape index (κ1) is 8.02. The van der Waals surface area contributed by atoms with Crippen molar-refractivity contribution < 1.29 is 0 Å². The number of hydrogen-bond acceptors (Lipinski definition) is 2. The Hall–Kier alpha value is -0.0800. The molecule has 0 radical (unpaired) electrons. The van der Waals surface area contributed by atoms with Crippen LogP contribution < -0.4 is 5.32 Å². The lowest BCUT2D eigenvalue weighted by atomic mass is 10.1. The van der Waals surface area contributed by atoms with E-state index in [1.54, 1.807) is 0 Å². The van der Waals surface area contributed by atoms with E-state index in [1.807, 2.05) is 7.05 Å².